The number of aromatic amines is 1. The van der Waals surface area contributed by atoms with Gasteiger partial charge in [0, 0.05) is 0 Å². The number of carbonyl (C=O) groups excluding carboxylic acids is 1. The van der Waals surface area contributed by atoms with Gasteiger partial charge in [-0.3, -0.25) is 4.79 Å². The minimum Gasteiger partial charge on any atom is -0.451 e. The quantitative estimate of drug-likeness (QED) is 0.705. The standard InChI is InChI=1S/C18H14F2N2O4/c1-10(15-21-13-8-4-2-6-11(13)16(23)22-15)25-17(24)12-7-3-5-9-14(12)26-18(19)20/h2-10,18H,1H3,(H,21,22,23)/t10-/m0/s1. The van der Waals surface area contributed by atoms with E-state index in [1.807, 2.05) is 0 Å². The third-order valence-electron chi connectivity index (χ3n) is 3.62. The third kappa shape index (κ3) is 3.69. The smallest absolute Gasteiger partial charge is 0.387 e. The Labute approximate surface area is 146 Å². The molecule has 0 aliphatic carbocycles. The van der Waals surface area contributed by atoms with E-state index in [4.69, 9.17) is 4.74 Å². The van der Waals surface area contributed by atoms with Crippen molar-refractivity contribution < 1.29 is 23.0 Å². The lowest BCUT2D eigenvalue weighted by Gasteiger charge is -2.15. The summed E-state index contributed by atoms with van der Waals surface area (Å²) in [5.74, 6) is -1.02. The highest BCUT2D eigenvalue weighted by Crippen LogP contribution is 2.24. The molecule has 1 atom stereocenters. The molecule has 6 nitrogen and oxygen atoms in total. The summed E-state index contributed by atoms with van der Waals surface area (Å²) in [6, 6.07) is 12.2. The number of para-hydroxylation sites is 2. The summed E-state index contributed by atoms with van der Waals surface area (Å²) >= 11 is 0. The molecule has 3 aromatic rings. The first-order valence-electron chi connectivity index (χ1n) is 7.69. The molecule has 0 aliphatic rings. The Morgan fingerprint density at radius 2 is 1.81 bits per heavy atom. The highest BCUT2D eigenvalue weighted by Gasteiger charge is 2.21. The van der Waals surface area contributed by atoms with Crippen molar-refractivity contribution in [1.29, 1.82) is 0 Å². The second-order valence-electron chi connectivity index (χ2n) is 5.39. The molecule has 0 bridgehead atoms. The number of benzene rings is 2. The van der Waals surface area contributed by atoms with Crippen molar-refractivity contribution in [2.24, 2.45) is 0 Å². The average molecular weight is 360 g/mol. The molecule has 0 spiro atoms. The number of fused-ring (bicyclic) bond motifs is 1. The van der Waals surface area contributed by atoms with Crippen LogP contribution in [0.4, 0.5) is 8.78 Å². The Morgan fingerprint density at radius 3 is 2.58 bits per heavy atom. The molecule has 0 saturated carbocycles. The zero-order chi connectivity index (χ0) is 18.7. The van der Waals surface area contributed by atoms with Crippen LogP contribution < -0.4 is 10.3 Å². The van der Waals surface area contributed by atoms with Crippen molar-refractivity contribution in [3.8, 4) is 5.75 Å². The van der Waals surface area contributed by atoms with E-state index in [0.29, 0.717) is 10.9 Å². The summed E-state index contributed by atoms with van der Waals surface area (Å²) in [5, 5.41) is 0.408. The van der Waals surface area contributed by atoms with Crippen LogP contribution >= 0.6 is 0 Å². The first-order chi connectivity index (χ1) is 12.5. The number of nitrogens with zero attached hydrogens (tertiary/aromatic N) is 1. The van der Waals surface area contributed by atoms with Gasteiger partial charge in [0.2, 0.25) is 0 Å². The van der Waals surface area contributed by atoms with Crippen LogP contribution in [-0.4, -0.2) is 22.5 Å². The number of esters is 1. The minimum atomic E-state index is -3.07. The van der Waals surface area contributed by atoms with Gasteiger partial charge in [-0.15, -0.1) is 0 Å². The zero-order valence-electron chi connectivity index (χ0n) is 13.6. The monoisotopic (exact) mass is 360 g/mol. The number of alkyl halides is 2. The van der Waals surface area contributed by atoms with Gasteiger partial charge in [0.25, 0.3) is 5.56 Å². The number of rotatable bonds is 5. The molecule has 1 N–H and O–H groups in total. The molecular formula is C18H14F2N2O4. The summed E-state index contributed by atoms with van der Waals surface area (Å²) in [4.78, 5) is 31.2. The molecule has 0 fully saturated rings. The van der Waals surface area contributed by atoms with Gasteiger partial charge in [-0.1, -0.05) is 24.3 Å². The number of H-pyrrole nitrogens is 1. The van der Waals surface area contributed by atoms with Crippen LogP contribution in [0, 0.1) is 0 Å². The second kappa shape index (κ2) is 7.30. The van der Waals surface area contributed by atoms with Crippen LogP contribution in [0.3, 0.4) is 0 Å². The molecule has 8 heteroatoms. The molecule has 0 saturated heterocycles. The maximum absolute atomic E-state index is 12.5. The molecule has 0 amide bonds. The van der Waals surface area contributed by atoms with Gasteiger partial charge in [0.05, 0.1) is 10.9 Å². The summed E-state index contributed by atoms with van der Waals surface area (Å²) < 4.78 is 34.5. The maximum Gasteiger partial charge on any atom is 0.387 e. The van der Waals surface area contributed by atoms with E-state index in [-0.39, 0.29) is 22.7 Å². The van der Waals surface area contributed by atoms with E-state index in [9.17, 15) is 18.4 Å². The van der Waals surface area contributed by atoms with E-state index >= 15 is 0 Å². The molecule has 0 unspecified atom stereocenters. The Morgan fingerprint density at radius 1 is 1.12 bits per heavy atom. The maximum atomic E-state index is 12.5. The predicted octanol–water partition coefficient (Wildman–Crippen LogP) is 3.44. The number of ether oxygens (including phenoxy) is 2. The van der Waals surface area contributed by atoms with Crippen LogP contribution in [0.15, 0.2) is 53.3 Å². The normalized spacial score (nSPS) is 12.2. The number of hydrogen-bond acceptors (Lipinski definition) is 5. The number of aromatic nitrogens is 2. The number of hydrogen-bond donors (Lipinski definition) is 1. The second-order valence-corrected chi connectivity index (χ2v) is 5.39. The van der Waals surface area contributed by atoms with Gasteiger partial charge in [0.1, 0.15) is 11.3 Å². The first-order valence-corrected chi connectivity index (χ1v) is 7.69. The fraction of sp³-hybridized carbons (Fsp3) is 0.167. The van der Waals surface area contributed by atoms with Crippen molar-refractivity contribution in [3.05, 3.63) is 70.3 Å². The van der Waals surface area contributed by atoms with Crippen LogP contribution in [0.5, 0.6) is 5.75 Å². The van der Waals surface area contributed by atoms with Gasteiger partial charge in [-0.2, -0.15) is 8.78 Å². The van der Waals surface area contributed by atoms with Crippen molar-refractivity contribution in [2.75, 3.05) is 0 Å². The number of nitrogens with one attached hydrogen (secondary N) is 1. The Bertz CT molecular complexity index is 1000. The highest BCUT2D eigenvalue weighted by atomic mass is 19.3. The van der Waals surface area contributed by atoms with E-state index in [1.54, 1.807) is 24.3 Å². The van der Waals surface area contributed by atoms with Crippen molar-refractivity contribution in [2.45, 2.75) is 19.6 Å². The lowest BCUT2D eigenvalue weighted by molar-refractivity contribution is -0.0506. The topological polar surface area (TPSA) is 81.3 Å². The fourth-order valence-corrected chi connectivity index (χ4v) is 2.41. The average Bonchev–Trinajstić information content (AvgIpc) is 2.61. The highest BCUT2D eigenvalue weighted by molar-refractivity contribution is 5.92. The molecule has 3 rings (SSSR count). The van der Waals surface area contributed by atoms with Crippen molar-refractivity contribution >= 4 is 16.9 Å². The molecule has 0 aliphatic heterocycles. The molecule has 26 heavy (non-hydrogen) atoms. The van der Waals surface area contributed by atoms with Crippen molar-refractivity contribution in [3.63, 3.8) is 0 Å². The molecule has 2 aromatic carbocycles. The minimum absolute atomic E-state index is 0.148. The Kier molecular flexibility index (Phi) is 4.92. The first kappa shape index (κ1) is 17.5. The van der Waals surface area contributed by atoms with Crippen LogP contribution in [0.1, 0.15) is 29.2 Å². The van der Waals surface area contributed by atoms with Crippen LogP contribution in [-0.2, 0) is 4.74 Å². The molecule has 1 heterocycles. The van der Waals surface area contributed by atoms with Crippen molar-refractivity contribution in [1.82, 2.24) is 9.97 Å². The number of halogens is 2. The summed E-state index contributed by atoms with van der Waals surface area (Å²) in [6.07, 6.45) is -0.903. The summed E-state index contributed by atoms with van der Waals surface area (Å²) in [6.45, 7) is -1.55. The van der Waals surface area contributed by atoms with Gasteiger partial charge < -0.3 is 14.5 Å². The van der Waals surface area contributed by atoms with Gasteiger partial charge >= 0.3 is 12.6 Å². The Balaban J connectivity index is 1.85. The van der Waals surface area contributed by atoms with E-state index < -0.39 is 18.7 Å². The third-order valence-corrected chi connectivity index (χ3v) is 3.62. The van der Waals surface area contributed by atoms with E-state index in [0.717, 1.165) is 0 Å². The van der Waals surface area contributed by atoms with Gasteiger partial charge in [0.15, 0.2) is 11.9 Å². The van der Waals surface area contributed by atoms with E-state index in [2.05, 4.69) is 14.7 Å². The van der Waals surface area contributed by atoms with Crippen LogP contribution in [0.25, 0.3) is 10.9 Å². The lowest BCUT2D eigenvalue weighted by atomic mass is 10.2. The largest absolute Gasteiger partial charge is 0.451 e. The van der Waals surface area contributed by atoms with Gasteiger partial charge in [-0.25, -0.2) is 9.78 Å². The van der Waals surface area contributed by atoms with E-state index in [1.165, 1.54) is 31.2 Å². The fourth-order valence-electron chi connectivity index (χ4n) is 2.41. The molecule has 134 valence electrons. The summed E-state index contributed by atoms with van der Waals surface area (Å²) in [7, 11) is 0. The molecule has 0 radical (unpaired) electrons. The molecular weight excluding hydrogens is 346 g/mol. The summed E-state index contributed by atoms with van der Waals surface area (Å²) in [5.41, 5.74) is -0.0618. The van der Waals surface area contributed by atoms with Gasteiger partial charge in [-0.05, 0) is 31.2 Å². The molecule has 1 aromatic heterocycles. The SMILES string of the molecule is C[C@H](OC(=O)c1ccccc1OC(F)F)c1nc2ccccc2c(=O)[nH]1. The Hall–Kier alpha value is -3.29. The number of carbonyl (C=O) groups is 1. The van der Waals surface area contributed by atoms with Crippen LogP contribution in [0.2, 0.25) is 0 Å². The predicted molar refractivity (Wildman–Crippen MR) is 89.3 cm³/mol. The lowest BCUT2D eigenvalue weighted by Crippen LogP contribution is -2.18. The zero-order valence-corrected chi connectivity index (χ0v) is 13.6.